The maximum atomic E-state index is 12.6. The fourth-order valence-electron chi connectivity index (χ4n) is 2.69. The van der Waals surface area contributed by atoms with E-state index in [2.05, 4.69) is 10.3 Å². The lowest BCUT2D eigenvalue weighted by atomic mass is 10.0. The predicted molar refractivity (Wildman–Crippen MR) is 95.7 cm³/mol. The van der Waals surface area contributed by atoms with E-state index in [0.717, 1.165) is 26.6 Å². The Balaban J connectivity index is 1.88. The van der Waals surface area contributed by atoms with Crippen molar-refractivity contribution in [2.24, 2.45) is 10.9 Å². The normalized spacial score (nSPS) is 17.5. The Labute approximate surface area is 151 Å². The number of carbonyl (C=O) groups excluding carboxylic acids is 2. The number of fused-ring (bicyclic) bond motifs is 1. The van der Waals surface area contributed by atoms with E-state index in [1.165, 1.54) is 11.3 Å². The van der Waals surface area contributed by atoms with Gasteiger partial charge in [-0.05, 0) is 31.1 Å². The zero-order valence-electron chi connectivity index (χ0n) is 14.0. The van der Waals surface area contributed by atoms with Crippen LogP contribution in [0.1, 0.15) is 17.4 Å². The SMILES string of the molecule is CCc1sc2cc(C)ccc2c1NC(=O)C1C=CC(C(F)(F)F)=NC1=O. The number of alkyl halides is 3. The van der Waals surface area contributed by atoms with Crippen molar-refractivity contribution >= 4 is 44.6 Å². The first-order valence-corrected chi connectivity index (χ1v) is 8.73. The second-order valence-corrected chi connectivity index (χ2v) is 7.05. The quantitative estimate of drug-likeness (QED) is 0.801. The summed E-state index contributed by atoms with van der Waals surface area (Å²) in [6, 6.07) is 5.80. The van der Waals surface area contributed by atoms with Gasteiger partial charge in [0.05, 0.1) is 5.69 Å². The van der Waals surface area contributed by atoms with Gasteiger partial charge in [0.2, 0.25) is 5.91 Å². The second kappa shape index (κ2) is 6.68. The van der Waals surface area contributed by atoms with E-state index in [4.69, 9.17) is 0 Å². The Morgan fingerprint density at radius 3 is 2.69 bits per heavy atom. The Bertz CT molecular complexity index is 957. The number of hydrogen-bond acceptors (Lipinski definition) is 3. The van der Waals surface area contributed by atoms with Crippen LogP contribution in [0, 0.1) is 12.8 Å². The van der Waals surface area contributed by atoms with Gasteiger partial charge in [-0.25, -0.2) is 4.99 Å². The largest absolute Gasteiger partial charge is 0.433 e. The van der Waals surface area contributed by atoms with Gasteiger partial charge in [-0.3, -0.25) is 9.59 Å². The lowest BCUT2D eigenvalue weighted by Crippen LogP contribution is -2.33. The first kappa shape index (κ1) is 18.3. The summed E-state index contributed by atoms with van der Waals surface area (Å²) in [5.74, 6) is -3.18. The third-order valence-electron chi connectivity index (χ3n) is 4.00. The summed E-state index contributed by atoms with van der Waals surface area (Å²) >= 11 is 1.54. The average Bonchev–Trinajstić information content (AvgIpc) is 2.90. The Morgan fingerprint density at radius 2 is 2.08 bits per heavy atom. The van der Waals surface area contributed by atoms with Crippen LogP contribution in [0.4, 0.5) is 18.9 Å². The van der Waals surface area contributed by atoms with Gasteiger partial charge in [0.25, 0.3) is 5.91 Å². The monoisotopic (exact) mass is 380 g/mol. The summed E-state index contributed by atoms with van der Waals surface area (Å²) < 4.78 is 38.9. The molecule has 1 N–H and O–H groups in total. The van der Waals surface area contributed by atoms with Crippen LogP contribution in [-0.2, 0) is 16.0 Å². The highest BCUT2D eigenvalue weighted by Crippen LogP contribution is 2.37. The maximum absolute atomic E-state index is 12.6. The van der Waals surface area contributed by atoms with Gasteiger partial charge in [0.15, 0.2) is 0 Å². The molecule has 4 nitrogen and oxygen atoms in total. The van der Waals surface area contributed by atoms with Gasteiger partial charge in [-0.1, -0.05) is 25.1 Å². The molecule has 0 spiro atoms. The molecule has 1 unspecified atom stereocenters. The van der Waals surface area contributed by atoms with Crippen molar-refractivity contribution < 1.29 is 22.8 Å². The van der Waals surface area contributed by atoms with Crippen molar-refractivity contribution in [3.63, 3.8) is 0 Å². The molecule has 136 valence electrons. The summed E-state index contributed by atoms with van der Waals surface area (Å²) in [5, 5.41) is 3.55. The van der Waals surface area contributed by atoms with E-state index in [1.807, 2.05) is 32.0 Å². The molecule has 0 aliphatic carbocycles. The fourth-order valence-corrected chi connectivity index (χ4v) is 3.89. The van der Waals surface area contributed by atoms with E-state index in [-0.39, 0.29) is 0 Å². The van der Waals surface area contributed by atoms with Crippen molar-refractivity contribution in [1.82, 2.24) is 0 Å². The molecule has 3 rings (SSSR count). The number of amides is 2. The Kier molecular flexibility index (Phi) is 4.70. The van der Waals surface area contributed by atoms with Crippen molar-refractivity contribution in [2.75, 3.05) is 5.32 Å². The number of rotatable bonds is 3. The minimum atomic E-state index is -4.72. The number of hydrogen-bond donors (Lipinski definition) is 1. The van der Waals surface area contributed by atoms with Gasteiger partial charge >= 0.3 is 6.18 Å². The zero-order chi connectivity index (χ0) is 19.1. The molecule has 0 radical (unpaired) electrons. The molecule has 8 heteroatoms. The molecule has 2 aromatic rings. The molecule has 1 aromatic heterocycles. The molecule has 0 fully saturated rings. The number of dihydropyridines is 1. The van der Waals surface area contributed by atoms with Gasteiger partial charge in [0, 0.05) is 15.0 Å². The van der Waals surface area contributed by atoms with E-state index in [1.54, 1.807) is 0 Å². The van der Waals surface area contributed by atoms with Crippen LogP contribution in [0.25, 0.3) is 10.1 Å². The van der Waals surface area contributed by atoms with Crippen LogP contribution >= 0.6 is 11.3 Å². The number of thiophene rings is 1. The van der Waals surface area contributed by atoms with Gasteiger partial charge in [0.1, 0.15) is 11.6 Å². The number of anilines is 1. The van der Waals surface area contributed by atoms with Crippen LogP contribution in [0.3, 0.4) is 0 Å². The third kappa shape index (κ3) is 3.41. The molecule has 1 aromatic carbocycles. The molecule has 1 aliphatic heterocycles. The topological polar surface area (TPSA) is 58.5 Å². The minimum absolute atomic E-state index is 0.601. The number of benzene rings is 1. The summed E-state index contributed by atoms with van der Waals surface area (Å²) in [4.78, 5) is 28.3. The number of aliphatic imine (C=N–C) groups is 1. The van der Waals surface area contributed by atoms with Crippen LogP contribution in [0.15, 0.2) is 35.3 Å². The molecule has 1 atom stereocenters. The summed E-state index contributed by atoms with van der Waals surface area (Å²) in [5.41, 5.74) is 0.389. The van der Waals surface area contributed by atoms with Crippen molar-refractivity contribution in [2.45, 2.75) is 26.4 Å². The zero-order valence-corrected chi connectivity index (χ0v) is 14.8. The first-order chi connectivity index (χ1) is 12.2. The number of allylic oxidation sites excluding steroid dienone is 1. The second-order valence-electron chi connectivity index (χ2n) is 5.91. The summed E-state index contributed by atoms with van der Waals surface area (Å²) in [7, 11) is 0. The van der Waals surface area contributed by atoms with E-state index in [9.17, 15) is 22.8 Å². The number of aryl methyl sites for hydroxylation is 2. The third-order valence-corrected chi connectivity index (χ3v) is 5.30. The van der Waals surface area contributed by atoms with Crippen molar-refractivity contribution in [1.29, 1.82) is 0 Å². The fraction of sp³-hybridized carbons (Fsp3) is 0.278. The van der Waals surface area contributed by atoms with Gasteiger partial charge in [-0.15, -0.1) is 11.3 Å². The van der Waals surface area contributed by atoms with Crippen LogP contribution < -0.4 is 5.32 Å². The highest BCUT2D eigenvalue weighted by molar-refractivity contribution is 7.19. The highest BCUT2D eigenvalue weighted by atomic mass is 32.1. The maximum Gasteiger partial charge on any atom is 0.433 e. The molecule has 2 heterocycles. The Morgan fingerprint density at radius 1 is 1.35 bits per heavy atom. The van der Waals surface area contributed by atoms with Crippen molar-refractivity contribution in [3.05, 3.63) is 40.8 Å². The Hall–Kier alpha value is -2.48. The number of nitrogens with zero attached hydrogens (tertiary/aromatic N) is 1. The molecule has 2 amide bonds. The standard InChI is InChI=1S/C18H15F3N2O2S/c1-3-12-15(10-5-4-9(2)8-13(10)26-12)23-17(25)11-6-7-14(18(19,20)21)22-16(11)24/h4-8,11H,3H2,1-2H3,(H,23,25). The summed E-state index contributed by atoms with van der Waals surface area (Å²) in [6.07, 6.45) is -2.43. The van der Waals surface area contributed by atoms with Gasteiger partial charge < -0.3 is 5.32 Å². The van der Waals surface area contributed by atoms with E-state index in [0.29, 0.717) is 18.2 Å². The number of carbonyl (C=O) groups is 2. The lowest BCUT2D eigenvalue weighted by Gasteiger charge is -2.16. The van der Waals surface area contributed by atoms with E-state index < -0.39 is 29.6 Å². The number of nitrogens with one attached hydrogen (secondary N) is 1. The molecular formula is C18H15F3N2O2S. The summed E-state index contributed by atoms with van der Waals surface area (Å²) in [6.45, 7) is 3.91. The molecular weight excluding hydrogens is 365 g/mol. The molecule has 1 aliphatic rings. The predicted octanol–water partition coefficient (Wildman–Crippen LogP) is 4.43. The van der Waals surface area contributed by atoms with Crippen LogP contribution in [-0.4, -0.2) is 23.7 Å². The first-order valence-electron chi connectivity index (χ1n) is 7.91. The average molecular weight is 380 g/mol. The highest BCUT2D eigenvalue weighted by Gasteiger charge is 2.38. The minimum Gasteiger partial charge on any atom is -0.324 e. The van der Waals surface area contributed by atoms with Gasteiger partial charge in [-0.2, -0.15) is 13.2 Å². The number of halogens is 3. The van der Waals surface area contributed by atoms with Crippen molar-refractivity contribution in [3.8, 4) is 0 Å². The van der Waals surface area contributed by atoms with Crippen LogP contribution in [0.2, 0.25) is 0 Å². The lowest BCUT2D eigenvalue weighted by molar-refractivity contribution is -0.128. The molecule has 0 saturated carbocycles. The molecule has 0 saturated heterocycles. The smallest absolute Gasteiger partial charge is 0.324 e. The van der Waals surface area contributed by atoms with E-state index >= 15 is 0 Å². The molecule has 26 heavy (non-hydrogen) atoms. The molecule has 0 bridgehead atoms. The van der Waals surface area contributed by atoms with Crippen LogP contribution in [0.5, 0.6) is 0 Å².